The maximum Gasteiger partial charge on any atom is 0.254 e. The third-order valence-electron chi connectivity index (χ3n) is 5.50. The lowest BCUT2D eigenvalue weighted by Crippen LogP contribution is -2.43. The second-order valence-electron chi connectivity index (χ2n) is 9.52. The number of carbonyl (C=O) groups excluding carboxylic acids is 2. The van der Waals surface area contributed by atoms with Crippen LogP contribution in [0.5, 0.6) is 0 Å². The Labute approximate surface area is 189 Å². The largest absolute Gasteiger partial charge is 0.365 e. The Morgan fingerprint density at radius 2 is 1.94 bits per heavy atom. The number of rotatable bonds is 5. The lowest BCUT2D eigenvalue weighted by Gasteiger charge is -2.31. The van der Waals surface area contributed by atoms with Crippen molar-refractivity contribution in [3.63, 3.8) is 0 Å². The van der Waals surface area contributed by atoms with E-state index in [-0.39, 0.29) is 22.9 Å². The van der Waals surface area contributed by atoms with Crippen molar-refractivity contribution in [3.05, 3.63) is 41.1 Å². The molecule has 32 heavy (non-hydrogen) atoms. The Morgan fingerprint density at radius 3 is 2.53 bits per heavy atom. The molecule has 0 aliphatic carbocycles. The predicted octanol–water partition coefficient (Wildman–Crippen LogP) is 2.25. The van der Waals surface area contributed by atoms with Crippen LogP contribution >= 0.6 is 0 Å². The van der Waals surface area contributed by atoms with Crippen molar-refractivity contribution >= 4 is 29.3 Å². The van der Waals surface area contributed by atoms with Crippen molar-refractivity contribution in [2.75, 3.05) is 37.4 Å². The Balaban J connectivity index is 2.04. The van der Waals surface area contributed by atoms with Gasteiger partial charge in [0.2, 0.25) is 5.95 Å². The van der Waals surface area contributed by atoms with Crippen molar-refractivity contribution < 1.29 is 9.59 Å². The van der Waals surface area contributed by atoms with Gasteiger partial charge in [0.15, 0.2) is 0 Å². The quantitative estimate of drug-likeness (QED) is 0.651. The van der Waals surface area contributed by atoms with Gasteiger partial charge in [-0.05, 0) is 42.0 Å². The molecule has 1 aromatic carbocycles. The SMILES string of the molecule is CN(C)C(=O)c1cc(Nc2nc(N3CCC[C@H](N)C3)ncc2C(N)=O)cc(C(C)(C)C)c1. The molecule has 1 atom stereocenters. The van der Waals surface area contributed by atoms with Crippen molar-refractivity contribution in [1.29, 1.82) is 0 Å². The number of benzene rings is 1. The van der Waals surface area contributed by atoms with Crippen LogP contribution in [0.2, 0.25) is 0 Å². The Morgan fingerprint density at radius 1 is 1.22 bits per heavy atom. The van der Waals surface area contributed by atoms with Crippen molar-refractivity contribution in [2.45, 2.75) is 45.1 Å². The van der Waals surface area contributed by atoms with Crippen LogP contribution in [-0.2, 0) is 5.41 Å². The molecule has 1 fully saturated rings. The lowest BCUT2D eigenvalue weighted by molar-refractivity contribution is 0.0827. The highest BCUT2D eigenvalue weighted by Crippen LogP contribution is 2.29. The Hall–Kier alpha value is -3.20. The van der Waals surface area contributed by atoms with Gasteiger partial charge in [-0.1, -0.05) is 20.8 Å². The number of nitrogens with zero attached hydrogens (tertiary/aromatic N) is 4. The highest BCUT2D eigenvalue weighted by Gasteiger charge is 2.23. The molecule has 0 saturated carbocycles. The van der Waals surface area contributed by atoms with Crippen LogP contribution in [0.15, 0.2) is 24.4 Å². The molecule has 2 heterocycles. The smallest absolute Gasteiger partial charge is 0.254 e. The summed E-state index contributed by atoms with van der Waals surface area (Å²) in [6, 6.07) is 5.66. The molecule has 1 aromatic heterocycles. The first-order valence-electron chi connectivity index (χ1n) is 10.8. The first kappa shape index (κ1) is 23.5. The molecule has 2 aromatic rings. The van der Waals surface area contributed by atoms with Gasteiger partial charge in [0.25, 0.3) is 11.8 Å². The highest BCUT2D eigenvalue weighted by atomic mass is 16.2. The zero-order valence-electron chi connectivity index (χ0n) is 19.5. The fourth-order valence-electron chi connectivity index (χ4n) is 3.64. The van der Waals surface area contributed by atoms with E-state index in [1.165, 1.54) is 11.1 Å². The molecule has 0 bridgehead atoms. The molecule has 1 aliphatic heterocycles. The number of amides is 2. The number of nitrogens with two attached hydrogens (primary N) is 2. The normalized spacial score (nSPS) is 16.6. The summed E-state index contributed by atoms with van der Waals surface area (Å²) in [6.45, 7) is 7.67. The molecule has 9 nitrogen and oxygen atoms in total. The summed E-state index contributed by atoms with van der Waals surface area (Å²) >= 11 is 0. The van der Waals surface area contributed by atoms with E-state index >= 15 is 0 Å². The van der Waals surface area contributed by atoms with Crippen LogP contribution in [0.4, 0.5) is 17.5 Å². The third kappa shape index (κ3) is 5.34. The monoisotopic (exact) mass is 439 g/mol. The van der Waals surface area contributed by atoms with E-state index in [1.807, 2.05) is 17.0 Å². The molecule has 9 heteroatoms. The average Bonchev–Trinajstić information content (AvgIpc) is 2.72. The highest BCUT2D eigenvalue weighted by molar-refractivity contribution is 5.99. The van der Waals surface area contributed by atoms with E-state index in [4.69, 9.17) is 11.5 Å². The molecule has 1 saturated heterocycles. The van der Waals surface area contributed by atoms with E-state index in [9.17, 15) is 9.59 Å². The number of hydrogen-bond donors (Lipinski definition) is 3. The number of nitrogens with one attached hydrogen (secondary N) is 1. The van der Waals surface area contributed by atoms with Gasteiger partial charge < -0.3 is 26.6 Å². The minimum Gasteiger partial charge on any atom is -0.365 e. The van der Waals surface area contributed by atoms with E-state index < -0.39 is 5.91 Å². The summed E-state index contributed by atoms with van der Waals surface area (Å²) in [5, 5.41) is 3.21. The number of hydrogen-bond acceptors (Lipinski definition) is 7. The summed E-state index contributed by atoms with van der Waals surface area (Å²) in [5.74, 6) is 0.0473. The number of piperidine rings is 1. The minimum absolute atomic E-state index is 0.0580. The van der Waals surface area contributed by atoms with Crippen molar-refractivity contribution in [2.24, 2.45) is 11.5 Å². The molecule has 0 unspecified atom stereocenters. The Kier molecular flexibility index (Phi) is 6.68. The number of primary amides is 1. The maximum atomic E-state index is 12.7. The third-order valence-corrected chi connectivity index (χ3v) is 5.50. The van der Waals surface area contributed by atoms with Crippen LogP contribution in [0, 0.1) is 0 Å². The zero-order chi connectivity index (χ0) is 23.6. The molecular formula is C23H33N7O2. The first-order chi connectivity index (χ1) is 15.0. The first-order valence-corrected chi connectivity index (χ1v) is 10.8. The second kappa shape index (κ2) is 9.12. The van der Waals surface area contributed by atoms with E-state index in [2.05, 4.69) is 36.1 Å². The van der Waals surface area contributed by atoms with Gasteiger partial charge in [0, 0.05) is 50.7 Å². The van der Waals surface area contributed by atoms with Crippen LogP contribution in [0.1, 0.15) is 59.9 Å². The van der Waals surface area contributed by atoms with E-state index in [1.54, 1.807) is 20.2 Å². The Bertz CT molecular complexity index is 1010. The summed E-state index contributed by atoms with van der Waals surface area (Å²) < 4.78 is 0. The van der Waals surface area contributed by atoms with Gasteiger partial charge in [-0.25, -0.2) is 4.98 Å². The maximum absolute atomic E-state index is 12.7. The summed E-state index contributed by atoms with van der Waals surface area (Å²) in [5.41, 5.74) is 13.8. The van der Waals surface area contributed by atoms with Crippen LogP contribution in [0.3, 0.4) is 0 Å². The topological polar surface area (TPSA) is 130 Å². The molecule has 172 valence electrons. The van der Waals surface area contributed by atoms with Crippen molar-refractivity contribution in [1.82, 2.24) is 14.9 Å². The summed E-state index contributed by atoms with van der Waals surface area (Å²) in [7, 11) is 3.43. The average molecular weight is 440 g/mol. The molecule has 1 aliphatic rings. The van der Waals surface area contributed by atoms with Gasteiger partial charge >= 0.3 is 0 Å². The zero-order valence-corrected chi connectivity index (χ0v) is 19.5. The van der Waals surface area contributed by atoms with E-state index in [0.29, 0.717) is 29.6 Å². The fraction of sp³-hybridized carbons (Fsp3) is 0.478. The van der Waals surface area contributed by atoms with Crippen LogP contribution in [-0.4, -0.2) is 59.9 Å². The number of aromatic nitrogens is 2. The lowest BCUT2D eigenvalue weighted by atomic mass is 9.85. The van der Waals surface area contributed by atoms with Gasteiger partial charge in [0.1, 0.15) is 11.4 Å². The summed E-state index contributed by atoms with van der Waals surface area (Å²) in [6.07, 6.45) is 3.35. The van der Waals surface area contributed by atoms with Crippen LogP contribution < -0.4 is 21.7 Å². The number of carbonyl (C=O) groups is 2. The van der Waals surface area contributed by atoms with Gasteiger partial charge in [-0.2, -0.15) is 4.98 Å². The minimum atomic E-state index is -0.633. The molecule has 0 spiro atoms. The standard InChI is InChI=1S/C23H33N7O2/c1-23(2,3)15-9-14(21(32)29(4)5)10-17(11-15)27-20-18(19(25)31)12-26-22(28-20)30-8-6-7-16(24)13-30/h9-12,16H,6-8,13,24H2,1-5H3,(H2,25,31)(H,26,27,28)/t16-/m0/s1. The second-order valence-corrected chi connectivity index (χ2v) is 9.52. The van der Waals surface area contributed by atoms with Crippen molar-refractivity contribution in [3.8, 4) is 0 Å². The van der Waals surface area contributed by atoms with Gasteiger partial charge in [0.05, 0.1) is 0 Å². The van der Waals surface area contributed by atoms with Gasteiger partial charge in [-0.15, -0.1) is 0 Å². The van der Waals surface area contributed by atoms with Gasteiger partial charge in [-0.3, -0.25) is 9.59 Å². The fourth-order valence-corrected chi connectivity index (χ4v) is 3.64. The van der Waals surface area contributed by atoms with Crippen LogP contribution in [0.25, 0.3) is 0 Å². The summed E-state index contributed by atoms with van der Waals surface area (Å²) in [4.78, 5) is 37.2. The molecule has 0 radical (unpaired) electrons. The molecule has 2 amide bonds. The molecular weight excluding hydrogens is 406 g/mol. The predicted molar refractivity (Wildman–Crippen MR) is 126 cm³/mol. The number of anilines is 3. The van der Waals surface area contributed by atoms with E-state index in [0.717, 1.165) is 24.9 Å². The molecule has 3 rings (SSSR count). The molecule has 5 N–H and O–H groups in total.